The topological polar surface area (TPSA) is 59.2 Å². The highest BCUT2D eigenvalue weighted by Crippen LogP contribution is 2.31. The van der Waals surface area contributed by atoms with E-state index in [-0.39, 0.29) is 17.8 Å². The molecule has 1 aliphatic rings. The van der Waals surface area contributed by atoms with E-state index in [1.54, 1.807) is 17.0 Å². The van der Waals surface area contributed by atoms with Crippen LogP contribution >= 0.6 is 0 Å². The Morgan fingerprint density at radius 3 is 3.04 bits per heavy atom. The number of halogens is 1. The van der Waals surface area contributed by atoms with E-state index < -0.39 is 0 Å². The van der Waals surface area contributed by atoms with Crippen LogP contribution in [0.4, 0.5) is 4.39 Å². The molecule has 0 N–H and O–H groups in total. The minimum absolute atomic E-state index is 0.111. The van der Waals surface area contributed by atoms with Crippen molar-refractivity contribution < 1.29 is 13.7 Å². The largest absolute Gasteiger partial charge is 0.336 e. The van der Waals surface area contributed by atoms with Gasteiger partial charge in [0.05, 0.1) is 22.7 Å². The van der Waals surface area contributed by atoms with Gasteiger partial charge >= 0.3 is 0 Å². The summed E-state index contributed by atoms with van der Waals surface area (Å²) in [4.78, 5) is 19.0. The second-order valence-electron chi connectivity index (χ2n) is 6.33. The molecule has 5 nitrogen and oxygen atoms in total. The molecule has 128 valence electrons. The van der Waals surface area contributed by atoms with Crippen LogP contribution in [0.15, 0.2) is 35.0 Å². The van der Waals surface area contributed by atoms with Gasteiger partial charge in [-0.2, -0.15) is 0 Å². The fourth-order valence-corrected chi connectivity index (χ4v) is 3.48. The third-order valence-corrected chi connectivity index (χ3v) is 4.89. The number of aryl methyl sites for hydroxylation is 1. The first-order valence-corrected chi connectivity index (χ1v) is 8.42. The highest BCUT2D eigenvalue weighted by atomic mass is 19.1. The molecule has 1 atom stereocenters. The van der Waals surface area contributed by atoms with Crippen molar-refractivity contribution in [3.63, 3.8) is 0 Å². The lowest BCUT2D eigenvalue weighted by Gasteiger charge is -2.35. The first kappa shape index (κ1) is 15.7. The molecule has 0 bridgehead atoms. The fraction of sp³-hybridized carbons (Fsp3) is 0.316. The number of fused-ring (bicyclic) bond motifs is 2. The Balaban J connectivity index is 1.69. The molecule has 6 heteroatoms. The molecule has 1 unspecified atom stereocenters. The average molecular weight is 339 g/mol. The third kappa shape index (κ3) is 2.58. The van der Waals surface area contributed by atoms with Gasteiger partial charge in [0, 0.05) is 12.7 Å². The molecule has 0 saturated carbocycles. The maximum absolute atomic E-state index is 13.6. The summed E-state index contributed by atoms with van der Waals surface area (Å²) in [5, 5.41) is 4.75. The van der Waals surface area contributed by atoms with Crippen LogP contribution in [0, 0.1) is 5.82 Å². The molecule has 4 rings (SSSR count). The Labute approximate surface area is 144 Å². The van der Waals surface area contributed by atoms with Gasteiger partial charge in [0.1, 0.15) is 5.82 Å². The predicted molar refractivity (Wildman–Crippen MR) is 90.7 cm³/mol. The smallest absolute Gasteiger partial charge is 0.257 e. The summed E-state index contributed by atoms with van der Waals surface area (Å²) < 4.78 is 18.8. The standard InChI is InChI=1S/C19H18FN3O2/c1-3-17-16-8-13(10-21-18(16)25-22-17)19(24)23-7-6-12-4-5-14(20)9-15(12)11(23)2/h4-5,8-11H,3,6-7H2,1-2H3. The number of carbonyl (C=O) groups is 1. The number of carbonyl (C=O) groups excluding carboxylic acids is 1. The number of hydrogen-bond donors (Lipinski definition) is 0. The van der Waals surface area contributed by atoms with Crippen molar-refractivity contribution in [1.82, 2.24) is 15.0 Å². The lowest BCUT2D eigenvalue weighted by Crippen LogP contribution is -2.39. The second kappa shape index (κ2) is 5.95. The Kier molecular flexibility index (Phi) is 3.75. The normalized spacial score (nSPS) is 16.9. The van der Waals surface area contributed by atoms with E-state index in [1.165, 1.54) is 18.3 Å². The quantitative estimate of drug-likeness (QED) is 0.714. The molecule has 25 heavy (non-hydrogen) atoms. The highest BCUT2D eigenvalue weighted by Gasteiger charge is 2.29. The summed E-state index contributed by atoms with van der Waals surface area (Å²) in [5.41, 5.74) is 3.69. The molecule has 0 fully saturated rings. The number of nitrogens with zero attached hydrogens (tertiary/aromatic N) is 3. The van der Waals surface area contributed by atoms with E-state index >= 15 is 0 Å². The first-order valence-electron chi connectivity index (χ1n) is 8.42. The van der Waals surface area contributed by atoms with E-state index in [0.29, 0.717) is 24.2 Å². The minimum atomic E-state index is -0.278. The molecular formula is C19H18FN3O2. The van der Waals surface area contributed by atoms with Crippen LogP contribution in [0.1, 0.15) is 47.1 Å². The van der Waals surface area contributed by atoms with Crippen LogP contribution in [-0.2, 0) is 12.8 Å². The number of benzene rings is 1. The molecule has 1 amide bonds. The number of rotatable bonds is 2. The van der Waals surface area contributed by atoms with Crippen LogP contribution < -0.4 is 0 Å². The number of amides is 1. The van der Waals surface area contributed by atoms with Crippen LogP contribution in [0.2, 0.25) is 0 Å². The van der Waals surface area contributed by atoms with Crippen molar-refractivity contribution in [1.29, 1.82) is 0 Å². The first-order chi connectivity index (χ1) is 12.1. The van der Waals surface area contributed by atoms with Gasteiger partial charge in [0.15, 0.2) is 0 Å². The van der Waals surface area contributed by atoms with Crippen molar-refractivity contribution in [3.05, 3.63) is 58.7 Å². The van der Waals surface area contributed by atoms with Gasteiger partial charge < -0.3 is 9.42 Å². The summed E-state index contributed by atoms with van der Waals surface area (Å²) in [7, 11) is 0. The summed E-state index contributed by atoms with van der Waals surface area (Å²) in [6.07, 6.45) is 2.94. The molecule has 1 aromatic carbocycles. The second-order valence-corrected chi connectivity index (χ2v) is 6.33. The third-order valence-electron chi connectivity index (χ3n) is 4.89. The van der Waals surface area contributed by atoms with Crippen LogP contribution in [0.5, 0.6) is 0 Å². The summed E-state index contributed by atoms with van der Waals surface area (Å²) >= 11 is 0. The zero-order valence-electron chi connectivity index (χ0n) is 14.1. The fourth-order valence-electron chi connectivity index (χ4n) is 3.48. The lowest BCUT2D eigenvalue weighted by molar-refractivity contribution is 0.0677. The lowest BCUT2D eigenvalue weighted by atomic mass is 9.93. The molecule has 0 spiro atoms. The summed E-state index contributed by atoms with van der Waals surface area (Å²) in [6, 6.07) is 6.40. The van der Waals surface area contributed by atoms with E-state index in [4.69, 9.17) is 4.52 Å². The van der Waals surface area contributed by atoms with Crippen molar-refractivity contribution in [3.8, 4) is 0 Å². The van der Waals surface area contributed by atoms with Gasteiger partial charge in [0.25, 0.3) is 11.6 Å². The van der Waals surface area contributed by atoms with Crippen molar-refractivity contribution in [2.45, 2.75) is 32.7 Å². The highest BCUT2D eigenvalue weighted by molar-refractivity contribution is 5.97. The van der Waals surface area contributed by atoms with Gasteiger partial charge in [-0.3, -0.25) is 4.79 Å². The van der Waals surface area contributed by atoms with E-state index in [9.17, 15) is 9.18 Å². The van der Waals surface area contributed by atoms with Gasteiger partial charge in [0.2, 0.25) is 0 Å². The maximum atomic E-state index is 13.6. The van der Waals surface area contributed by atoms with Gasteiger partial charge in [-0.25, -0.2) is 9.37 Å². The zero-order chi connectivity index (χ0) is 17.6. The molecule has 1 aliphatic heterocycles. The molecule has 0 aliphatic carbocycles. The Bertz CT molecular complexity index is 966. The van der Waals surface area contributed by atoms with Crippen molar-refractivity contribution >= 4 is 17.0 Å². The van der Waals surface area contributed by atoms with E-state index in [2.05, 4.69) is 10.1 Å². The molecule has 2 aromatic heterocycles. The van der Waals surface area contributed by atoms with Crippen LogP contribution in [0.25, 0.3) is 11.1 Å². The molecular weight excluding hydrogens is 321 g/mol. The number of pyridine rings is 1. The SMILES string of the molecule is CCc1noc2ncc(C(=O)N3CCc4ccc(F)cc4C3C)cc12. The van der Waals surface area contributed by atoms with Crippen molar-refractivity contribution in [2.75, 3.05) is 6.54 Å². The van der Waals surface area contributed by atoms with E-state index in [0.717, 1.165) is 28.6 Å². The Hall–Kier alpha value is -2.76. The molecule has 3 aromatic rings. The molecule has 3 heterocycles. The molecule has 0 saturated heterocycles. The van der Waals surface area contributed by atoms with Crippen LogP contribution in [-0.4, -0.2) is 27.5 Å². The molecule has 0 radical (unpaired) electrons. The maximum Gasteiger partial charge on any atom is 0.257 e. The minimum Gasteiger partial charge on any atom is -0.336 e. The monoisotopic (exact) mass is 339 g/mol. The zero-order valence-corrected chi connectivity index (χ0v) is 14.1. The average Bonchev–Trinajstić information content (AvgIpc) is 3.04. The van der Waals surface area contributed by atoms with Crippen molar-refractivity contribution in [2.24, 2.45) is 0 Å². The van der Waals surface area contributed by atoms with E-state index in [1.807, 2.05) is 13.8 Å². The number of hydrogen-bond acceptors (Lipinski definition) is 4. The summed E-state index contributed by atoms with van der Waals surface area (Å²) in [6.45, 7) is 4.50. The van der Waals surface area contributed by atoms with Gasteiger partial charge in [-0.15, -0.1) is 0 Å². The Morgan fingerprint density at radius 1 is 1.40 bits per heavy atom. The summed E-state index contributed by atoms with van der Waals surface area (Å²) in [5.74, 6) is -0.389. The number of aromatic nitrogens is 2. The Morgan fingerprint density at radius 2 is 2.24 bits per heavy atom. The van der Waals surface area contributed by atoms with Gasteiger partial charge in [-0.05, 0) is 49.1 Å². The van der Waals surface area contributed by atoms with Crippen LogP contribution in [0.3, 0.4) is 0 Å². The van der Waals surface area contributed by atoms with Gasteiger partial charge in [-0.1, -0.05) is 18.1 Å². The predicted octanol–water partition coefficient (Wildman–Crippen LogP) is 3.68.